The molecule has 0 amide bonds. The van der Waals surface area contributed by atoms with Gasteiger partial charge in [-0.1, -0.05) is 39.0 Å². The minimum absolute atomic E-state index is 0.247. The molecule has 4 aliphatic rings. The van der Waals surface area contributed by atoms with E-state index in [1.54, 1.807) is 0 Å². The monoisotopic (exact) mass is 524 g/mol. The van der Waals surface area contributed by atoms with Crippen LogP contribution < -0.4 is 0 Å². The second-order valence-corrected chi connectivity index (χ2v) is 12.6. The summed E-state index contributed by atoms with van der Waals surface area (Å²) >= 11 is 0. The van der Waals surface area contributed by atoms with Crippen LogP contribution in [0, 0.1) is 41.4 Å². The molecule has 4 saturated carbocycles. The second kappa shape index (κ2) is 12.6. The molecule has 0 aromatic heterocycles. The van der Waals surface area contributed by atoms with Crippen LogP contribution in [0.15, 0.2) is 0 Å². The van der Waals surface area contributed by atoms with Gasteiger partial charge in [0.25, 0.3) is 0 Å². The molecule has 0 aromatic rings. The minimum Gasteiger partial charge on any atom is -0.282 e. The topological polar surface area (TPSA) is 9.23 Å². The third-order valence-electron chi connectivity index (χ3n) is 10.5. The van der Waals surface area contributed by atoms with Crippen molar-refractivity contribution in [2.75, 3.05) is 0 Å². The fraction of sp³-hybridized carbons (Fsp3) is 1.00. The largest absolute Gasteiger partial charge is 0.522 e. The fourth-order valence-corrected chi connectivity index (χ4v) is 8.48. The maximum atomic E-state index is 15.3. The summed E-state index contributed by atoms with van der Waals surface area (Å²) in [6.07, 6.45) is 3.39. The van der Waals surface area contributed by atoms with Gasteiger partial charge >= 0.3 is 6.36 Å². The molecule has 0 saturated heterocycles. The van der Waals surface area contributed by atoms with Crippen molar-refractivity contribution in [1.82, 2.24) is 0 Å². The van der Waals surface area contributed by atoms with Crippen LogP contribution >= 0.6 is 0 Å². The Kier molecular flexibility index (Phi) is 9.99. The van der Waals surface area contributed by atoms with Gasteiger partial charge < -0.3 is 0 Å². The zero-order chi connectivity index (χ0) is 25.9. The number of hydrogen-bond donors (Lipinski definition) is 0. The average Bonchev–Trinajstić information content (AvgIpc) is 2.85. The molecule has 36 heavy (non-hydrogen) atoms. The van der Waals surface area contributed by atoms with Gasteiger partial charge in [0.1, 0.15) is 24.6 Å². The van der Waals surface area contributed by atoms with Crippen LogP contribution in [0.1, 0.15) is 110 Å². The van der Waals surface area contributed by atoms with Crippen molar-refractivity contribution in [3.63, 3.8) is 0 Å². The lowest BCUT2D eigenvalue weighted by atomic mass is 9.62. The second-order valence-electron chi connectivity index (χ2n) is 12.6. The van der Waals surface area contributed by atoms with Crippen molar-refractivity contribution >= 4 is 0 Å². The Bertz CT molecular complexity index is 643. The van der Waals surface area contributed by atoms with Crippen LogP contribution in [0.3, 0.4) is 0 Å². The lowest BCUT2D eigenvalue weighted by Gasteiger charge is -2.45. The van der Waals surface area contributed by atoms with Crippen LogP contribution in [0.4, 0.5) is 26.3 Å². The van der Waals surface area contributed by atoms with Crippen molar-refractivity contribution in [3.05, 3.63) is 0 Å². The van der Waals surface area contributed by atoms with Crippen LogP contribution in [-0.4, -0.2) is 31.0 Å². The summed E-state index contributed by atoms with van der Waals surface area (Å²) in [5.74, 6) is 2.48. The van der Waals surface area contributed by atoms with Crippen molar-refractivity contribution in [2.24, 2.45) is 41.4 Å². The molecule has 4 fully saturated rings. The Morgan fingerprint density at radius 2 is 1.08 bits per heavy atom. The van der Waals surface area contributed by atoms with Gasteiger partial charge in [-0.05, 0) is 112 Å². The van der Waals surface area contributed by atoms with Crippen LogP contribution in [0.25, 0.3) is 0 Å². The third-order valence-corrected chi connectivity index (χ3v) is 10.5. The highest BCUT2D eigenvalue weighted by atomic mass is 19.4. The van der Waals surface area contributed by atoms with Crippen molar-refractivity contribution in [3.8, 4) is 0 Å². The van der Waals surface area contributed by atoms with Crippen LogP contribution in [0.2, 0.25) is 0 Å². The number of halogens is 6. The molecule has 1 nitrogen and oxygen atoms in total. The molecule has 0 aromatic carbocycles. The summed E-state index contributed by atoms with van der Waals surface area (Å²) in [5.41, 5.74) is 0. The van der Waals surface area contributed by atoms with Gasteiger partial charge in [0.2, 0.25) is 0 Å². The van der Waals surface area contributed by atoms with Gasteiger partial charge in [-0.2, -0.15) is 0 Å². The smallest absolute Gasteiger partial charge is 0.282 e. The molecule has 0 N–H and O–H groups in total. The lowest BCUT2D eigenvalue weighted by Crippen LogP contribution is -2.48. The zero-order valence-electron chi connectivity index (χ0n) is 21.8. The molecule has 7 heteroatoms. The van der Waals surface area contributed by atoms with Crippen molar-refractivity contribution < 1.29 is 31.1 Å². The third kappa shape index (κ3) is 7.34. The summed E-state index contributed by atoms with van der Waals surface area (Å²) in [4.78, 5) is 0. The van der Waals surface area contributed by atoms with E-state index in [0.717, 1.165) is 24.2 Å². The maximum absolute atomic E-state index is 15.3. The Labute approximate surface area is 213 Å². The van der Waals surface area contributed by atoms with E-state index in [2.05, 4.69) is 11.7 Å². The van der Waals surface area contributed by atoms with E-state index >= 15 is 4.39 Å². The number of hydrogen-bond acceptors (Lipinski definition) is 1. The van der Waals surface area contributed by atoms with Gasteiger partial charge in [0.05, 0.1) is 0 Å². The molecule has 4 rings (SSSR count). The Hall–Kier alpha value is -0.460. The van der Waals surface area contributed by atoms with E-state index in [9.17, 15) is 22.0 Å². The van der Waals surface area contributed by atoms with Gasteiger partial charge in [-0.3, -0.25) is 4.74 Å². The van der Waals surface area contributed by atoms with Crippen molar-refractivity contribution in [1.29, 1.82) is 0 Å². The fourth-order valence-electron chi connectivity index (χ4n) is 8.48. The Morgan fingerprint density at radius 3 is 1.58 bits per heavy atom. The van der Waals surface area contributed by atoms with Gasteiger partial charge in [0, 0.05) is 0 Å². The first kappa shape index (κ1) is 28.5. The predicted molar refractivity (Wildman–Crippen MR) is 130 cm³/mol. The maximum Gasteiger partial charge on any atom is 0.522 e. The van der Waals surface area contributed by atoms with E-state index in [1.807, 2.05) is 0 Å². The van der Waals surface area contributed by atoms with E-state index in [-0.39, 0.29) is 12.8 Å². The summed E-state index contributed by atoms with van der Waals surface area (Å²) in [6.45, 7) is 2.27. The normalized spacial score (nSPS) is 44.9. The first-order chi connectivity index (χ1) is 17.1. The molecule has 0 heterocycles. The van der Waals surface area contributed by atoms with E-state index in [1.165, 1.54) is 70.6 Å². The van der Waals surface area contributed by atoms with E-state index in [0.29, 0.717) is 24.7 Å². The number of ether oxygens (including phenoxy) is 1. The SMILES string of the molecule is CCCCC1CCC(C2CCC(C3CCC(C4CC(F)C(OC(F)(F)F)C(F)C4)C(F)C3)CC2)CC1. The highest BCUT2D eigenvalue weighted by Gasteiger charge is 2.49. The van der Waals surface area contributed by atoms with Crippen LogP contribution in [0.5, 0.6) is 0 Å². The molecule has 0 spiro atoms. The highest BCUT2D eigenvalue weighted by molar-refractivity contribution is 4.95. The summed E-state index contributed by atoms with van der Waals surface area (Å²) < 4.78 is 85.3. The first-order valence-electron chi connectivity index (χ1n) is 14.8. The van der Waals surface area contributed by atoms with Crippen molar-refractivity contribution in [2.45, 2.75) is 141 Å². The molecule has 0 radical (unpaired) electrons. The molecule has 210 valence electrons. The van der Waals surface area contributed by atoms with Gasteiger partial charge in [-0.25, -0.2) is 13.2 Å². The highest BCUT2D eigenvalue weighted by Crippen LogP contribution is 2.49. The number of alkyl halides is 6. The lowest BCUT2D eigenvalue weighted by molar-refractivity contribution is -0.358. The molecular weight excluding hydrogens is 478 g/mol. The number of rotatable bonds is 7. The summed E-state index contributed by atoms with van der Waals surface area (Å²) in [6, 6.07) is 0. The Morgan fingerprint density at radius 1 is 0.611 bits per heavy atom. The summed E-state index contributed by atoms with van der Waals surface area (Å²) in [5, 5.41) is 0. The molecule has 0 bridgehead atoms. The quantitative estimate of drug-likeness (QED) is 0.301. The minimum atomic E-state index is -5.07. The Balaban J connectivity index is 1.20. The molecular formula is C29H46F6O. The predicted octanol–water partition coefficient (Wildman–Crippen LogP) is 9.53. The van der Waals surface area contributed by atoms with Gasteiger partial charge in [-0.15, -0.1) is 13.2 Å². The zero-order valence-corrected chi connectivity index (χ0v) is 21.8. The van der Waals surface area contributed by atoms with E-state index in [4.69, 9.17) is 0 Å². The van der Waals surface area contributed by atoms with E-state index < -0.39 is 42.8 Å². The average molecular weight is 525 g/mol. The molecule has 0 aliphatic heterocycles. The molecule has 5 unspecified atom stereocenters. The summed E-state index contributed by atoms with van der Waals surface area (Å²) in [7, 11) is 0. The molecule has 4 aliphatic carbocycles. The van der Waals surface area contributed by atoms with Crippen LogP contribution in [-0.2, 0) is 4.74 Å². The molecule has 5 atom stereocenters. The standard InChI is InChI=1S/C29H46F6O/c1-2-3-4-18-5-7-19(8-6-18)20-9-11-21(12-10-20)22-13-14-24(25(30)15-22)23-16-26(31)28(27(32)17-23)36-29(33,34)35/h18-28H,2-17H2,1H3. The van der Waals surface area contributed by atoms with Gasteiger partial charge in [0.15, 0.2) is 0 Å². The number of unbranched alkanes of at least 4 members (excludes halogenated alkanes) is 1. The first-order valence-corrected chi connectivity index (χ1v) is 14.8.